The lowest BCUT2D eigenvalue weighted by molar-refractivity contribution is -0.384. The van der Waals surface area contributed by atoms with Gasteiger partial charge in [0.15, 0.2) is 0 Å². The number of nitrogens with one attached hydrogen (secondary N) is 1. The number of rotatable bonds is 5. The minimum Gasteiger partial charge on any atom is -0.297 e. The van der Waals surface area contributed by atoms with Crippen molar-refractivity contribution in [2.75, 3.05) is 4.90 Å². The average molecular weight is 421 g/mol. The molecule has 2 aromatic carbocycles. The van der Waals surface area contributed by atoms with Crippen molar-refractivity contribution < 1.29 is 14.5 Å². The van der Waals surface area contributed by atoms with Gasteiger partial charge in [0.2, 0.25) is 5.91 Å². The van der Waals surface area contributed by atoms with Gasteiger partial charge in [-0.3, -0.25) is 25.1 Å². The number of amides is 2. The third kappa shape index (κ3) is 3.97. The number of imide groups is 1. The Hall–Kier alpha value is -2.97. The minimum absolute atomic E-state index is 0.0824. The highest BCUT2D eigenvalue weighted by Crippen LogP contribution is 2.25. The maximum Gasteiger partial charge on any atom is 0.269 e. The summed E-state index contributed by atoms with van der Waals surface area (Å²) in [4.78, 5) is 36.0. The summed E-state index contributed by atoms with van der Waals surface area (Å²) in [5.41, 5.74) is 4.01. The van der Waals surface area contributed by atoms with Crippen LogP contribution < -0.4 is 10.3 Å². The predicted octanol–water partition coefficient (Wildman–Crippen LogP) is 3.55. The van der Waals surface area contributed by atoms with Gasteiger partial charge in [0.25, 0.3) is 11.6 Å². The van der Waals surface area contributed by atoms with E-state index in [4.69, 9.17) is 23.2 Å². The number of nitro groups is 1. The molecule has 1 unspecified atom stereocenters. The van der Waals surface area contributed by atoms with Crippen molar-refractivity contribution in [3.8, 4) is 0 Å². The van der Waals surface area contributed by atoms with Crippen molar-refractivity contribution in [2.24, 2.45) is 5.10 Å². The summed E-state index contributed by atoms with van der Waals surface area (Å²) in [7, 11) is 0. The normalized spacial score (nSPS) is 17.2. The fourth-order valence-electron chi connectivity index (χ4n) is 2.75. The van der Waals surface area contributed by atoms with Gasteiger partial charge in [-0.1, -0.05) is 29.3 Å². The molecule has 2 amide bonds. The first-order valence-corrected chi connectivity index (χ1v) is 8.90. The van der Waals surface area contributed by atoms with E-state index in [2.05, 4.69) is 10.5 Å². The Balaban J connectivity index is 1.75. The van der Waals surface area contributed by atoms with Gasteiger partial charge in [-0.05, 0) is 31.2 Å². The lowest BCUT2D eigenvalue weighted by atomic mass is 10.1. The Morgan fingerprint density at radius 3 is 2.50 bits per heavy atom. The molecule has 2 aromatic rings. The van der Waals surface area contributed by atoms with Crippen LogP contribution in [0.2, 0.25) is 10.0 Å². The largest absolute Gasteiger partial charge is 0.297 e. The zero-order valence-electron chi connectivity index (χ0n) is 14.6. The van der Waals surface area contributed by atoms with Crippen molar-refractivity contribution in [2.45, 2.75) is 19.4 Å². The lowest BCUT2D eigenvalue weighted by Gasteiger charge is -2.15. The number of carbonyl (C=O) groups is 2. The monoisotopic (exact) mass is 420 g/mol. The quantitative estimate of drug-likeness (QED) is 0.344. The number of hydrogen-bond acceptors (Lipinski definition) is 6. The van der Waals surface area contributed by atoms with Crippen molar-refractivity contribution in [1.29, 1.82) is 0 Å². The second kappa shape index (κ2) is 7.95. The molecule has 8 nitrogen and oxygen atoms in total. The van der Waals surface area contributed by atoms with Crippen molar-refractivity contribution >= 4 is 52.1 Å². The van der Waals surface area contributed by atoms with Crippen LogP contribution in [0.3, 0.4) is 0 Å². The van der Waals surface area contributed by atoms with E-state index in [1.807, 2.05) is 0 Å². The van der Waals surface area contributed by atoms with Crippen LogP contribution in [0.15, 0.2) is 47.6 Å². The highest BCUT2D eigenvalue weighted by molar-refractivity contribution is 6.37. The first kappa shape index (κ1) is 19.8. The smallest absolute Gasteiger partial charge is 0.269 e. The highest BCUT2D eigenvalue weighted by Gasteiger charge is 2.39. The van der Waals surface area contributed by atoms with Crippen LogP contribution in [0, 0.1) is 10.1 Å². The molecule has 0 spiro atoms. The molecular formula is C18H14Cl2N4O4. The number of anilines is 1. The van der Waals surface area contributed by atoms with Crippen LogP contribution in [0.1, 0.15) is 18.9 Å². The number of benzene rings is 2. The van der Waals surface area contributed by atoms with Crippen molar-refractivity contribution in [3.63, 3.8) is 0 Å². The van der Waals surface area contributed by atoms with E-state index in [1.54, 1.807) is 25.1 Å². The Morgan fingerprint density at radius 1 is 1.21 bits per heavy atom. The molecule has 0 aromatic heterocycles. The van der Waals surface area contributed by atoms with Crippen LogP contribution >= 0.6 is 23.2 Å². The Kier molecular flexibility index (Phi) is 5.62. The molecule has 144 valence electrons. The number of nitrogens with zero attached hydrogens (tertiary/aromatic N) is 3. The number of non-ortho nitro benzene ring substituents is 1. The summed E-state index contributed by atoms with van der Waals surface area (Å²) in [5, 5.41) is 15.8. The fraction of sp³-hybridized carbons (Fsp3) is 0.167. The summed E-state index contributed by atoms with van der Waals surface area (Å²) in [6.45, 7) is 1.71. The van der Waals surface area contributed by atoms with E-state index in [1.165, 1.54) is 24.3 Å². The molecule has 0 radical (unpaired) electrons. The van der Waals surface area contributed by atoms with Crippen LogP contribution in [-0.4, -0.2) is 28.5 Å². The number of hydrazone groups is 1. The van der Waals surface area contributed by atoms with Gasteiger partial charge in [0, 0.05) is 22.7 Å². The van der Waals surface area contributed by atoms with Crippen molar-refractivity contribution in [3.05, 3.63) is 68.2 Å². The second-order valence-corrected chi connectivity index (χ2v) is 6.89. The van der Waals surface area contributed by atoms with E-state index >= 15 is 0 Å². The first-order chi connectivity index (χ1) is 13.3. The molecule has 1 fully saturated rings. The number of carbonyl (C=O) groups excluding carboxylic acids is 2. The molecule has 1 atom stereocenters. The summed E-state index contributed by atoms with van der Waals surface area (Å²) in [6, 6.07) is 9.31. The van der Waals surface area contributed by atoms with Gasteiger partial charge in [-0.2, -0.15) is 5.10 Å². The zero-order chi connectivity index (χ0) is 20.4. The highest BCUT2D eigenvalue weighted by atomic mass is 35.5. The average Bonchev–Trinajstić information content (AvgIpc) is 2.93. The molecule has 1 heterocycles. The Bertz CT molecular complexity index is 992. The minimum atomic E-state index is -0.844. The third-order valence-corrected chi connectivity index (χ3v) is 4.72. The van der Waals surface area contributed by atoms with E-state index in [0.29, 0.717) is 21.3 Å². The molecular weight excluding hydrogens is 407 g/mol. The van der Waals surface area contributed by atoms with Gasteiger partial charge in [-0.15, -0.1) is 0 Å². The maximum atomic E-state index is 12.6. The third-order valence-electron chi connectivity index (χ3n) is 4.17. The molecule has 0 aliphatic carbocycles. The van der Waals surface area contributed by atoms with Gasteiger partial charge < -0.3 is 0 Å². The molecule has 1 N–H and O–H groups in total. The van der Waals surface area contributed by atoms with Crippen LogP contribution in [0.25, 0.3) is 0 Å². The second-order valence-electron chi connectivity index (χ2n) is 6.05. The van der Waals surface area contributed by atoms with Gasteiger partial charge in [0.1, 0.15) is 6.04 Å². The molecule has 3 rings (SSSR count). The molecule has 28 heavy (non-hydrogen) atoms. The van der Waals surface area contributed by atoms with Crippen LogP contribution in [0.5, 0.6) is 0 Å². The van der Waals surface area contributed by atoms with E-state index in [-0.39, 0.29) is 17.8 Å². The van der Waals surface area contributed by atoms with Gasteiger partial charge in [0.05, 0.1) is 27.8 Å². The van der Waals surface area contributed by atoms with E-state index in [0.717, 1.165) is 4.90 Å². The number of hydrogen-bond donors (Lipinski definition) is 1. The molecule has 10 heteroatoms. The van der Waals surface area contributed by atoms with Gasteiger partial charge in [-0.25, -0.2) is 4.90 Å². The molecule has 1 aliphatic heterocycles. The Morgan fingerprint density at radius 2 is 1.89 bits per heavy atom. The summed E-state index contributed by atoms with van der Waals surface area (Å²) in [6.07, 6.45) is -0.0824. The first-order valence-electron chi connectivity index (χ1n) is 8.14. The topological polar surface area (TPSA) is 105 Å². The predicted molar refractivity (Wildman–Crippen MR) is 106 cm³/mol. The molecule has 1 saturated heterocycles. The van der Waals surface area contributed by atoms with Crippen molar-refractivity contribution in [1.82, 2.24) is 5.43 Å². The van der Waals surface area contributed by atoms with Crippen LogP contribution in [0.4, 0.5) is 11.4 Å². The lowest BCUT2D eigenvalue weighted by Crippen LogP contribution is -2.37. The SMILES string of the molecule is C/C(=N\NC1CC(=O)N(c2ccc([N+](=O)[O-])cc2)C1=O)c1ccc(Cl)cc1Cl. The Labute approximate surface area is 169 Å². The summed E-state index contributed by atoms with van der Waals surface area (Å²) in [5.74, 6) is -0.911. The zero-order valence-corrected chi connectivity index (χ0v) is 16.1. The number of nitro benzene ring substituents is 1. The standard InChI is InChI=1S/C18H14Cl2N4O4/c1-10(14-7-2-11(19)8-15(14)20)21-22-16-9-17(25)23(18(16)26)12-3-5-13(6-4-12)24(27)28/h2-8,16,22H,9H2,1H3/b21-10+. The molecule has 0 bridgehead atoms. The number of halogens is 2. The molecule has 0 saturated carbocycles. The van der Waals surface area contributed by atoms with E-state index in [9.17, 15) is 19.7 Å². The summed E-state index contributed by atoms with van der Waals surface area (Å²) < 4.78 is 0. The van der Waals surface area contributed by atoms with Gasteiger partial charge >= 0.3 is 0 Å². The maximum absolute atomic E-state index is 12.6. The van der Waals surface area contributed by atoms with Crippen LogP contribution in [-0.2, 0) is 9.59 Å². The van der Waals surface area contributed by atoms with E-state index < -0.39 is 22.8 Å². The fourth-order valence-corrected chi connectivity index (χ4v) is 3.29. The summed E-state index contributed by atoms with van der Waals surface area (Å²) >= 11 is 12.0. The molecule has 1 aliphatic rings.